The number of nitrogens with zero attached hydrogens (tertiary/aromatic N) is 2. The number of para-hydroxylation sites is 1. The second-order valence-corrected chi connectivity index (χ2v) is 8.31. The Labute approximate surface area is 175 Å². The minimum Gasteiger partial charge on any atom is -0.335 e. The molecule has 2 aromatic rings. The zero-order valence-electron chi connectivity index (χ0n) is 17.4. The molecule has 1 fully saturated rings. The lowest BCUT2D eigenvalue weighted by Gasteiger charge is -2.35. The van der Waals surface area contributed by atoms with Crippen molar-refractivity contribution in [2.75, 3.05) is 31.5 Å². The molecular formula is C23H26FN3O3. The minimum atomic E-state index is -0.588. The Kier molecular flexibility index (Phi) is 6.20. The van der Waals surface area contributed by atoms with Crippen LogP contribution in [0.25, 0.3) is 0 Å². The first-order valence-electron chi connectivity index (χ1n) is 9.92. The van der Waals surface area contributed by atoms with Crippen LogP contribution in [-0.4, -0.2) is 53.7 Å². The lowest BCUT2D eigenvalue weighted by molar-refractivity contribution is -0.123. The molecule has 7 heteroatoms. The maximum Gasteiger partial charge on any atom is 0.256 e. The summed E-state index contributed by atoms with van der Waals surface area (Å²) < 4.78 is 13.9. The zero-order valence-corrected chi connectivity index (χ0v) is 17.4. The second-order valence-electron chi connectivity index (χ2n) is 8.31. The number of rotatable bonds is 3. The quantitative estimate of drug-likeness (QED) is 0.842. The molecule has 3 amide bonds. The van der Waals surface area contributed by atoms with Crippen LogP contribution in [0.2, 0.25) is 0 Å². The van der Waals surface area contributed by atoms with Gasteiger partial charge in [0.05, 0.1) is 16.8 Å². The topological polar surface area (TPSA) is 69.7 Å². The van der Waals surface area contributed by atoms with Crippen LogP contribution in [0.3, 0.4) is 0 Å². The van der Waals surface area contributed by atoms with E-state index in [1.54, 1.807) is 67.0 Å². The zero-order chi connectivity index (χ0) is 21.9. The molecule has 1 heterocycles. The van der Waals surface area contributed by atoms with E-state index in [-0.39, 0.29) is 23.3 Å². The Morgan fingerprint density at radius 1 is 0.800 bits per heavy atom. The van der Waals surface area contributed by atoms with Crippen molar-refractivity contribution in [3.63, 3.8) is 0 Å². The average molecular weight is 411 g/mol. The molecule has 0 radical (unpaired) electrons. The third kappa shape index (κ3) is 4.67. The van der Waals surface area contributed by atoms with Crippen molar-refractivity contribution in [2.45, 2.75) is 20.8 Å². The van der Waals surface area contributed by atoms with Crippen LogP contribution in [0.5, 0.6) is 0 Å². The van der Waals surface area contributed by atoms with Gasteiger partial charge in [-0.25, -0.2) is 4.39 Å². The predicted molar refractivity (Wildman–Crippen MR) is 113 cm³/mol. The van der Waals surface area contributed by atoms with Crippen LogP contribution < -0.4 is 5.32 Å². The highest BCUT2D eigenvalue weighted by molar-refractivity contribution is 6.05. The molecule has 0 atom stereocenters. The number of amides is 3. The monoisotopic (exact) mass is 411 g/mol. The molecule has 1 saturated heterocycles. The molecule has 0 bridgehead atoms. The van der Waals surface area contributed by atoms with E-state index in [0.717, 1.165) is 0 Å². The summed E-state index contributed by atoms with van der Waals surface area (Å²) in [5, 5.41) is 2.83. The average Bonchev–Trinajstić information content (AvgIpc) is 2.73. The number of nitrogens with one attached hydrogen (secondary N) is 1. The van der Waals surface area contributed by atoms with Crippen LogP contribution in [-0.2, 0) is 4.79 Å². The van der Waals surface area contributed by atoms with E-state index in [2.05, 4.69) is 5.32 Å². The van der Waals surface area contributed by atoms with Gasteiger partial charge in [-0.2, -0.15) is 0 Å². The third-order valence-corrected chi connectivity index (χ3v) is 5.05. The third-order valence-electron chi connectivity index (χ3n) is 5.05. The number of hydrogen-bond acceptors (Lipinski definition) is 3. The maximum atomic E-state index is 13.9. The van der Waals surface area contributed by atoms with E-state index in [4.69, 9.17) is 0 Å². The predicted octanol–water partition coefficient (Wildman–Crippen LogP) is 3.41. The first kappa shape index (κ1) is 21.5. The Morgan fingerprint density at radius 3 is 1.80 bits per heavy atom. The van der Waals surface area contributed by atoms with Crippen LogP contribution in [0, 0.1) is 11.2 Å². The van der Waals surface area contributed by atoms with Gasteiger partial charge in [-0.05, 0) is 24.3 Å². The van der Waals surface area contributed by atoms with Gasteiger partial charge in [0.1, 0.15) is 5.82 Å². The van der Waals surface area contributed by atoms with Gasteiger partial charge < -0.3 is 15.1 Å². The van der Waals surface area contributed by atoms with E-state index < -0.39 is 11.2 Å². The summed E-state index contributed by atoms with van der Waals surface area (Å²) in [5.74, 6) is -1.32. The molecule has 2 aromatic carbocycles. The molecule has 3 rings (SSSR count). The molecule has 6 nitrogen and oxygen atoms in total. The minimum absolute atomic E-state index is 0.0347. The normalized spacial score (nSPS) is 14.4. The molecule has 0 aliphatic carbocycles. The van der Waals surface area contributed by atoms with E-state index in [1.165, 1.54) is 12.1 Å². The van der Waals surface area contributed by atoms with Gasteiger partial charge in [-0.15, -0.1) is 0 Å². The number of piperazine rings is 1. The van der Waals surface area contributed by atoms with Crippen LogP contribution in [0.4, 0.5) is 10.1 Å². The van der Waals surface area contributed by atoms with Gasteiger partial charge in [0.2, 0.25) is 5.91 Å². The SMILES string of the molecule is CC(C)(C)C(=O)Nc1ccccc1C(=O)N1CCN(C(=O)c2ccccc2F)CC1. The van der Waals surface area contributed by atoms with Crippen molar-refractivity contribution in [3.05, 3.63) is 65.5 Å². The standard InChI is InChI=1S/C23H26FN3O3/c1-23(2,3)22(30)25-19-11-7-5-9-17(19)21(29)27-14-12-26(13-15-27)20(28)16-8-4-6-10-18(16)24/h4-11H,12-15H2,1-3H3,(H,25,30). The molecule has 1 N–H and O–H groups in total. The molecular weight excluding hydrogens is 385 g/mol. The molecule has 30 heavy (non-hydrogen) atoms. The summed E-state index contributed by atoms with van der Waals surface area (Å²) in [6.45, 7) is 6.71. The summed E-state index contributed by atoms with van der Waals surface area (Å²) in [5.41, 5.74) is 0.318. The largest absolute Gasteiger partial charge is 0.335 e. The van der Waals surface area contributed by atoms with E-state index in [9.17, 15) is 18.8 Å². The van der Waals surface area contributed by atoms with Gasteiger partial charge in [-0.1, -0.05) is 45.0 Å². The van der Waals surface area contributed by atoms with Crippen molar-refractivity contribution in [3.8, 4) is 0 Å². The molecule has 1 aliphatic heterocycles. The van der Waals surface area contributed by atoms with Gasteiger partial charge in [-0.3, -0.25) is 14.4 Å². The molecule has 0 aromatic heterocycles. The summed E-state index contributed by atoms with van der Waals surface area (Å²) >= 11 is 0. The van der Waals surface area contributed by atoms with Crippen molar-refractivity contribution in [2.24, 2.45) is 5.41 Å². The fourth-order valence-corrected chi connectivity index (χ4v) is 3.18. The lowest BCUT2D eigenvalue weighted by atomic mass is 9.95. The van der Waals surface area contributed by atoms with Gasteiger partial charge in [0.25, 0.3) is 11.8 Å². The van der Waals surface area contributed by atoms with Crippen LogP contribution in [0.1, 0.15) is 41.5 Å². The summed E-state index contributed by atoms with van der Waals surface area (Å²) in [6, 6.07) is 12.8. The Balaban J connectivity index is 1.68. The summed E-state index contributed by atoms with van der Waals surface area (Å²) in [7, 11) is 0. The first-order chi connectivity index (χ1) is 14.2. The molecule has 0 spiro atoms. The van der Waals surface area contributed by atoms with Gasteiger partial charge in [0.15, 0.2) is 0 Å². The van der Waals surface area contributed by atoms with Crippen LogP contribution in [0.15, 0.2) is 48.5 Å². The molecule has 0 unspecified atom stereocenters. The number of anilines is 1. The highest BCUT2D eigenvalue weighted by Crippen LogP contribution is 2.22. The molecule has 1 aliphatic rings. The first-order valence-corrected chi connectivity index (χ1v) is 9.92. The number of benzene rings is 2. The molecule has 0 saturated carbocycles. The van der Waals surface area contributed by atoms with E-state index in [1.807, 2.05) is 0 Å². The van der Waals surface area contributed by atoms with Crippen molar-refractivity contribution >= 4 is 23.4 Å². The smallest absolute Gasteiger partial charge is 0.256 e. The van der Waals surface area contributed by atoms with Gasteiger partial charge >= 0.3 is 0 Å². The van der Waals surface area contributed by atoms with Crippen LogP contribution >= 0.6 is 0 Å². The summed E-state index contributed by atoms with van der Waals surface area (Å²) in [6.07, 6.45) is 0. The van der Waals surface area contributed by atoms with Crippen molar-refractivity contribution < 1.29 is 18.8 Å². The lowest BCUT2D eigenvalue weighted by Crippen LogP contribution is -2.50. The molecule has 158 valence electrons. The fraction of sp³-hybridized carbons (Fsp3) is 0.348. The Bertz CT molecular complexity index is 960. The van der Waals surface area contributed by atoms with Gasteiger partial charge in [0, 0.05) is 31.6 Å². The fourth-order valence-electron chi connectivity index (χ4n) is 3.18. The highest BCUT2D eigenvalue weighted by Gasteiger charge is 2.28. The van der Waals surface area contributed by atoms with Crippen molar-refractivity contribution in [1.82, 2.24) is 9.80 Å². The maximum absolute atomic E-state index is 13.9. The number of carbonyl (C=O) groups is 3. The van der Waals surface area contributed by atoms with E-state index >= 15 is 0 Å². The highest BCUT2D eigenvalue weighted by atomic mass is 19.1. The summed E-state index contributed by atoms with van der Waals surface area (Å²) in [4.78, 5) is 41.2. The van der Waals surface area contributed by atoms with Crippen molar-refractivity contribution in [1.29, 1.82) is 0 Å². The Morgan fingerprint density at radius 2 is 1.27 bits per heavy atom. The second kappa shape index (κ2) is 8.65. The number of halogens is 1. The number of carbonyl (C=O) groups excluding carboxylic acids is 3. The Hall–Kier alpha value is -3.22. The van der Waals surface area contributed by atoms with E-state index in [0.29, 0.717) is 37.4 Å². The number of hydrogen-bond donors (Lipinski definition) is 1.